The van der Waals surface area contributed by atoms with Gasteiger partial charge >= 0.3 is 0 Å². The molecule has 1 N–H and O–H groups in total. The first-order valence-corrected chi connectivity index (χ1v) is 7.47. The molecule has 2 rings (SSSR count). The molecule has 0 bridgehead atoms. The van der Waals surface area contributed by atoms with Gasteiger partial charge in [-0.2, -0.15) is 5.10 Å². The molecule has 0 saturated carbocycles. The van der Waals surface area contributed by atoms with Crippen LogP contribution in [0.4, 0.5) is 0 Å². The van der Waals surface area contributed by atoms with Crippen molar-refractivity contribution in [1.29, 1.82) is 0 Å². The Balaban J connectivity index is 2.44. The number of hydrogen-bond acceptors (Lipinski definition) is 2. The maximum Gasteiger partial charge on any atom is 0.0837 e. The van der Waals surface area contributed by atoms with E-state index in [4.69, 9.17) is 23.2 Å². The number of nitrogens with one attached hydrogen (secondary N) is 1. The van der Waals surface area contributed by atoms with Gasteiger partial charge in [-0.3, -0.25) is 4.68 Å². The molecule has 1 aromatic carbocycles. The molecule has 1 unspecified atom stereocenters. The minimum absolute atomic E-state index is 0.00644. The van der Waals surface area contributed by atoms with Gasteiger partial charge in [0.05, 0.1) is 23.0 Å². The highest BCUT2D eigenvalue weighted by Gasteiger charge is 2.20. The molecule has 0 saturated heterocycles. The first kappa shape index (κ1) is 15.4. The van der Waals surface area contributed by atoms with Crippen LogP contribution >= 0.6 is 23.2 Å². The van der Waals surface area contributed by atoms with E-state index in [1.54, 1.807) is 6.20 Å². The van der Waals surface area contributed by atoms with Crippen molar-refractivity contribution in [1.82, 2.24) is 15.1 Å². The van der Waals surface area contributed by atoms with Crippen LogP contribution in [0.3, 0.4) is 0 Å². The molecule has 0 aliphatic heterocycles. The van der Waals surface area contributed by atoms with Crippen molar-refractivity contribution < 1.29 is 0 Å². The van der Waals surface area contributed by atoms with Crippen LogP contribution in [0.1, 0.15) is 36.2 Å². The van der Waals surface area contributed by atoms with Crippen LogP contribution in [0, 0.1) is 6.92 Å². The number of aromatic nitrogens is 2. The monoisotopic (exact) mass is 311 g/mol. The molecule has 2 aromatic rings. The fraction of sp³-hybridized carbons (Fsp3) is 0.400. The molecular formula is C15H19Cl2N3. The number of rotatable bonds is 5. The van der Waals surface area contributed by atoms with E-state index in [0.717, 1.165) is 34.8 Å². The van der Waals surface area contributed by atoms with Crippen molar-refractivity contribution in [3.05, 3.63) is 51.3 Å². The molecule has 3 nitrogen and oxygen atoms in total. The molecule has 0 radical (unpaired) electrons. The summed E-state index contributed by atoms with van der Waals surface area (Å²) in [5, 5.41) is 9.17. The lowest BCUT2D eigenvalue weighted by Crippen LogP contribution is -2.25. The van der Waals surface area contributed by atoms with Gasteiger partial charge in [-0.25, -0.2) is 0 Å². The van der Waals surface area contributed by atoms with E-state index in [9.17, 15) is 0 Å². The Labute approximate surface area is 129 Å². The molecule has 0 aliphatic carbocycles. The highest BCUT2D eigenvalue weighted by atomic mass is 35.5. The van der Waals surface area contributed by atoms with Crippen molar-refractivity contribution >= 4 is 23.2 Å². The minimum Gasteiger partial charge on any atom is -0.305 e. The second-order valence-electron chi connectivity index (χ2n) is 4.90. The number of nitrogens with zero attached hydrogens (tertiary/aromatic N) is 2. The molecule has 0 amide bonds. The summed E-state index contributed by atoms with van der Waals surface area (Å²) in [6.45, 7) is 5.03. The molecule has 1 atom stereocenters. The quantitative estimate of drug-likeness (QED) is 0.900. The Morgan fingerprint density at radius 2 is 2.05 bits per heavy atom. The summed E-state index contributed by atoms with van der Waals surface area (Å²) in [5.74, 6) is 0. The van der Waals surface area contributed by atoms with Crippen molar-refractivity contribution in [3.8, 4) is 0 Å². The van der Waals surface area contributed by atoms with Crippen LogP contribution in [-0.4, -0.2) is 16.3 Å². The molecule has 5 heteroatoms. The van der Waals surface area contributed by atoms with E-state index in [2.05, 4.69) is 23.4 Å². The van der Waals surface area contributed by atoms with Crippen molar-refractivity contribution in [3.63, 3.8) is 0 Å². The van der Waals surface area contributed by atoms with Gasteiger partial charge in [0, 0.05) is 12.1 Å². The Bertz CT molecular complexity index is 573. The van der Waals surface area contributed by atoms with E-state index in [1.807, 2.05) is 30.8 Å². The van der Waals surface area contributed by atoms with E-state index < -0.39 is 0 Å². The summed E-state index contributed by atoms with van der Waals surface area (Å²) < 4.78 is 1.81. The fourth-order valence-corrected chi connectivity index (χ4v) is 2.66. The van der Waals surface area contributed by atoms with Crippen LogP contribution < -0.4 is 5.32 Å². The number of hydrogen-bond donors (Lipinski definition) is 1. The number of halogens is 2. The summed E-state index contributed by atoms with van der Waals surface area (Å²) in [4.78, 5) is 0. The Hall–Kier alpha value is -1.03. The van der Waals surface area contributed by atoms with Crippen molar-refractivity contribution in [2.45, 2.75) is 26.3 Å². The first-order valence-electron chi connectivity index (χ1n) is 6.71. The van der Waals surface area contributed by atoms with Gasteiger partial charge in [0.2, 0.25) is 0 Å². The summed E-state index contributed by atoms with van der Waals surface area (Å²) >= 11 is 12.5. The summed E-state index contributed by atoms with van der Waals surface area (Å²) in [5.41, 5.74) is 3.13. The smallest absolute Gasteiger partial charge is 0.0837 e. The molecule has 0 fully saturated rings. The van der Waals surface area contributed by atoms with Gasteiger partial charge in [-0.1, -0.05) is 42.3 Å². The highest BCUT2D eigenvalue weighted by Crippen LogP contribution is 2.30. The standard InChI is InChI=1S/C15H19Cl2N3/c1-4-7-18-14(15-13(17)9-19-20(15)3)11-6-5-10(2)12(16)8-11/h5-6,8-9,14,18H,4,7H2,1-3H3. The van der Waals surface area contributed by atoms with Gasteiger partial charge in [0.15, 0.2) is 0 Å². The summed E-state index contributed by atoms with van der Waals surface area (Å²) in [6.07, 6.45) is 2.72. The summed E-state index contributed by atoms with van der Waals surface area (Å²) in [7, 11) is 1.90. The second kappa shape index (κ2) is 6.61. The fourth-order valence-electron chi connectivity index (χ4n) is 2.19. The lowest BCUT2D eigenvalue weighted by molar-refractivity contribution is 0.554. The average Bonchev–Trinajstić information content (AvgIpc) is 2.75. The van der Waals surface area contributed by atoms with Gasteiger partial charge < -0.3 is 5.32 Å². The van der Waals surface area contributed by atoms with Crippen LogP contribution in [0.25, 0.3) is 0 Å². The van der Waals surface area contributed by atoms with Gasteiger partial charge in [-0.15, -0.1) is 0 Å². The van der Waals surface area contributed by atoms with Crippen molar-refractivity contribution in [2.75, 3.05) is 6.54 Å². The third kappa shape index (κ3) is 3.17. The third-order valence-corrected chi connectivity index (χ3v) is 4.04. The number of aryl methyl sites for hydroxylation is 2. The average molecular weight is 312 g/mol. The zero-order valence-electron chi connectivity index (χ0n) is 12.0. The van der Waals surface area contributed by atoms with Crippen LogP contribution in [0.2, 0.25) is 10.0 Å². The van der Waals surface area contributed by atoms with Gasteiger partial charge in [-0.05, 0) is 37.1 Å². The predicted molar refractivity (Wildman–Crippen MR) is 84.5 cm³/mol. The SMILES string of the molecule is CCCNC(c1ccc(C)c(Cl)c1)c1c(Cl)cnn1C. The third-order valence-electron chi connectivity index (χ3n) is 3.34. The molecule has 20 heavy (non-hydrogen) atoms. The largest absolute Gasteiger partial charge is 0.305 e. The normalized spacial score (nSPS) is 12.7. The Morgan fingerprint density at radius 3 is 2.60 bits per heavy atom. The van der Waals surface area contributed by atoms with Gasteiger partial charge in [0.1, 0.15) is 0 Å². The molecule has 1 heterocycles. The topological polar surface area (TPSA) is 29.9 Å². The van der Waals surface area contributed by atoms with E-state index >= 15 is 0 Å². The van der Waals surface area contributed by atoms with Crippen LogP contribution in [0.15, 0.2) is 24.4 Å². The molecule has 1 aromatic heterocycles. The lowest BCUT2D eigenvalue weighted by atomic mass is 10.0. The lowest BCUT2D eigenvalue weighted by Gasteiger charge is -2.20. The maximum atomic E-state index is 6.28. The predicted octanol–water partition coefficient (Wildman–Crippen LogP) is 4.12. The maximum absolute atomic E-state index is 6.28. The van der Waals surface area contributed by atoms with E-state index in [1.165, 1.54) is 0 Å². The highest BCUT2D eigenvalue weighted by molar-refractivity contribution is 6.31. The molecular weight excluding hydrogens is 293 g/mol. The zero-order valence-corrected chi connectivity index (χ0v) is 13.5. The zero-order chi connectivity index (χ0) is 14.7. The van der Waals surface area contributed by atoms with E-state index in [0.29, 0.717) is 5.02 Å². The first-order chi connectivity index (χ1) is 9.54. The second-order valence-corrected chi connectivity index (χ2v) is 5.71. The Morgan fingerprint density at radius 1 is 1.30 bits per heavy atom. The molecule has 108 valence electrons. The van der Waals surface area contributed by atoms with Crippen molar-refractivity contribution in [2.24, 2.45) is 7.05 Å². The van der Waals surface area contributed by atoms with Gasteiger partial charge in [0.25, 0.3) is 0 Å². The van der Waals surface area contributed by atoms with Crippen LogP contribution in [-0.2, 0) is 7.05 Å². The Kier molecular flexibility index (Phi) is 5.08. The summed E-state index contributed by atoms with van der Waals surface area (Å²) in [6, 6.07) is 6.10. The molecule has 0 aliphatic rings. The molecule has 0 spiro atoms. The van der Waals surface area contributed by atoms with Crippen LogP contribution in [0.5, 0.6) is 0 Å². The minimum atomic E-state index is -0.00644. The van der Waals surface area contributed by atoms with E-state index in [-0.39, 0.29) is 6.04 Å². The number of benzene rings is 1.